The van der Waals surface area contributed by atoms with Gasteiger partial charge in [-0.25, -0.2) is 4.79 Å². The molecule has 0 aromatic heterocycles. The van der Waals surface area contributed by atoms with Crippen molar-refractivity contribution >= 4 is 83.1 Å². The van der Waals surface area contributed by atoms with E-state index in [-0.39, 0.29) is 37.6 Å². The smallest absolute Gasteiger partial charge is 0.323 e. The number of carbonyl (C=O) groups excluding carboxylic acids is 1. The Balaban J connectivity index is 0.985. The number of hydrogen-bond donors (Lipinski definition) is 4. The molecule has 0 bridgehead atoms. The molecule has 0 saturated carbocycles. The van der Waals surface area contributed by atoms with Gasteiger partial charge in [-0.2, -0.15) is 57.7 Å². The molecule has 21 heteroatoms. The molecule has 0 fully saturated rings. The molecule has 4 N–H and O–H groups in total. The van der Waals surface area contributed by atoms with Gasteiger partial charge in [0.05, 0.1) is 70.2 Å². The van der Waals surface area contributed by atoms with Crippen molar-refractivity contribution in [3.63, 3.8) is 0 Å². The Bertz CT molecular complexity index is 3060. The average molecular weight is 1020 g/mol. The SMILES string of the molecule is CCc1cc(OCCCS(=O)(=O)O)ccc1N=Nc1ccc(N=Nc2ccc(NC(=O)Nc3ccc(N=Nc4ccc(N=Nc5ccc(OCCCS(=O)(=O)O)cc5CC)c(C)c4)cc3C)c(C)c2)cc1C. The Labute approximate surface area is 419 Å². The molecule has 6 rings (SSSR count). The molecule has 0 heterocycles. The fourth-order valence-corrected chi connectivity index (χ4v) is 7.94. The van der Waals surface area contributed by atoms with Gasteiger partial charge >= 0.3 is 6.03 Å². The number of nitrogens with one attached hydrogen (secondary N) is 2. The van der Waals surface area contributed by atoms with E-state index in [0.29, 0.717) is 81.2 Å². The monoisotopic (exact) mass is 1020 g/mol. The van der Waals surface area contributed by atoms with E-state index < -0.39 is 26.3 Å². The van der Waals surface area contributed by atoms with E-state index in [1.165, 1.54) is 0 Å². The van der Waals surface area contributed by atoms with Crippen LogP contribution in [0.5, 0.6) is 11.5 Å². The van der Waals surface area contributed by atoms with E-state index in [0.717, 1.165) is 33.4 Å². The van der Waals surface area contributed by atoms with Gasteiger partial charge in [0.1, 0.15) is 11.5 Å². The van der Waals surface area contributed by atoms with Crippen molar-refractivity contribution in [1.82, 2.24) is 0 Å². The minimum atomic E-state index is -4.03. The Morgan fingerprint density at radius 2 is 0.792 bits per heavy atom. The highest BCUT2D eigenvalue weighted by Gasteiger charge is 2.12. The van der Waals surface area contributed by atoms with Gasteiger partial charge in [0.2, 0.25) is 0 Å². The van der Waals surface area contributed by atoms with Crippen LogP contribution in [0.2, 0.25) is 0 Å². The molecule has 0 spiro atoms. The summed E-state index contributed by atoms with van der Waals surface area (Å²) in [7, 11) is -8.06. The summed E-state index contributed by atoms with van der Waals surface area (Å²) in [6.07, 6.45) is 1.69. The van der Waals surface area contributed by atoms with Crippen molar-refractivity contribution in [2.45, 2.75) is 67.2 Å². The van der Waals surface area contributed by atoms with E-state index in [1.807, 2.05) is 90.1 Å². The number of nitrogens with zero attached hydrogens (tertiary/aromatic N) is 8. The molecule has 0 aliphatic carbocycles. The van der Waals surface area contributed by atoms with Crippen molar-refractivity contribution in [2.75, 3.05) is 35.4 Å². The Morgan fingerprint density at radius 3 is 1.12 bits per heavy atom. The molecule has 0 atom stereocenters. The first-order chi connectivity index (χ1) is 34.3. The summed E-state index contributed by atoms with van der Waals surface area (Å²) in [5.41, 5.74) is 11.4. The van der Waals surface area contributed by atoms with Crippen LogP contribution < -0.4 is 20.1 Å². The van der Waals surface area contributed by atoms with Crippen LogP contribution in [0.25, 0.3) is 0 Å². The maximum Gasteiger partial charge on any atom is 0.323 e. The maximum absolute atomic E-state index is 13.1. The topological polar surface area (TPSA) is 267 Å². The first-order valence-electron chi connectivity index (χ1n) is 22.9. The number of amides is 2. The predicted molar refractivity (Wildman–Crippen MR) is 279 cm³/mol. The molecule has 0 unspecified atom stereocenters. The zero-order chi connectivity index (χ0) is 51.8. The highest BCUT2D eigenvalue weighted by atomic mass is 32.2. The number of anilines is 2. The van der Waals surface area contributed by atoms with E-state index >= 15 is 0 Å². The van der Waals surface area contributed by atoms with E-state index in [2.05, 4.69) is 51.5 Å². The number of benzene rings is 6. The standard InChI is InChI=1S/C51H56N10O9S2/c1-7-37-31-43(69-23-9-25-71(63,64)65)15-21-49(37)60-58-47-19-13-41(29-35(47)5)56-54-39-11-17-45(33(3)27-39)52-51(62)53-46-18-12-40(28-34(46)4)55-57-42-14-20-48(36(6)30-42)59-61-50-22-16-44(32-38(50)8-2)70-24-10-26-72(66,67)68/h11-22,27-32H,7-10,23-26H2,1-6H3,(H2,52,53,62)(H,63,64,65)(H,66,67,68). The number of hydrogen-bond acceptors (Lipinski definition) is 15. The number of ether oxygens (including phenoxy) is 2. The lowest BCUT2D eigenvalue weighted by Crippen LogP contribution is -2.20. The molecule has 19 nitrogen and oxygen atoms in total. The first-order valence-corrected chi connectivity index (χ1v) is 26.2. The lowest BCUT2D eigenvalue weighted by molar-refractivity contribution is 0.262. The first kappa shape index (κ1) is 53.8. The Kier molecular flexibility index (Phi) is 18.7. The molecule has 6 aromatic carbocycles. The lowest BCUT2D eigenvalue weighted by atomic mass is 10.1. The summed E-state index contributed by atoms with van der Waals surface area (Å²) in [5.74, 6) is 0.421. The average Bonchev–Trinajstić information content (AvgIpc) is 3.33. The number of urea groups is 1. The number of aryl methyl sites for hydroxylation is 6. The van der Waals surface area contributed by atoms with Gasteiger partial charge in [-0.15, -0.1) is 0 Å². The molecule has 0 saturated heterocycles. The summed E-state index contributed by atoms with van der Waals surface area (Å²) >= 11 is 0. The van der Waals surface area contributed by atoms with Crippen LogP contribution >= 0.6 is 0 Å². The molecule has 6 aromatic rings. The zero-order valence-electron chi connectivity index (χ0n) is 40.7. The van der Waals surface area contributed by atoms with Gasteiger partial charge in [-0.05, 0) is 196 Å². The van der Waals surface area contributed by atoms with Crippen LogP contribution in [0, 0.1) is 27.7 Å². The molecule has 2 amide bonds. The summed E-state index contributed by atoms with van der Waals surface area (Å²) in [6.45, 7) is 11.8. The van der Waals surface area contributed by atoms with Gasteiger partial charge < -0.3 is 20.1 Å². The fourth-order valence-electron chi connectivity index (χ4n) is 6.98. The van der Waals surface area contributed by atoms with E-state index in [4.69, 9.17) is 18.6 Å². The third-order valence-corrected chi connectivity index (χ3v) is 12.5. The van der Waals surface area contributed by atoms with Crippen LogP contribution in [0.3, 0.4) is 0 Å². The van der Waals surface area contributed by atoms with Gasteiger partial charge in [0, 0.05) is 11.4 Å². The molecular formula is C51H56N10O9S2. The van der Waals surface area contributed by atoms with Crippen molar-refractivity contribution in [1.29, 1.82) is 0 Å². The highest BCUT2D eigenvalue weighted by Crippen LogP contribution is 2.33. The van der Waals surface area contributed by atoms with Crippen LogP contribution in [0.4, 0.5) is 61.7 Å². The Hall–Kier alpha value is -7.59. The van der Waals surface area contributed by atoms with Crippen molar-refractivity contribution in [3.8, 4) is 11.5 Å². The van der Waals surface area contributed by atoms with Crippen molar-refractivity contribution < 1.29 is 40.2 Å². The van der Waals surface area contributed by atoms with Crippen LogP contribution in [0.1, 0.15) is 60.1 Å². The third-order valence-electron chi connectivity index (χ3n) is 10.9. The normalized spacial score (nSPS) is 12.1. The van der Waals surface area contributed by atoms with Gasteiger partial charge in [-0.1, -0.05) is 13.8 Å². The van der Waals surface area contributed by atoms with Crippen molar-refractivity contribution in [3.05, 3.63) is 143 Å². The largest absolute Gasteiger partial charge is 0.494 e. The maximum atomic E-state index is 13.1. The zero-order valence-corrected chi connectivity index (χ0v) is 42.3. The van der Waals surface area contributed by atoms with Gasteiger partial charge in [0.25, 0.3) is 20.2 Å². The molecule has 0 aliphatic rings. The second-order valence-electron chi connectivity index (χ2n) is 16.6. The predicted octanol–water partition coefficient (Wildman–Crippen LogP) is 14.7. The van der Waals surface area contributed by atoms with Gasteiger partial charge in [0.15, 0.2) is 0 Å². The molecular weight excluding hydrogens is 961 g/mol. The molecule has 72 heavy (non-hydrogen) atoms. The van der Waals surface area contributed by atoms with E-state index in [1.54, 1.807) is 60.7 Å². The highest BCUT2D eigenvalue weighted by molar-refractivity contribution is 7.86. The van der Waals surface area contributed by atoms with E-state index in [9.17, 15) is 21.6 Å². The second kappa shape index (κ2) is 25.0. The number of carbonyl (C=O) groups is 1. The van der Waals surface area contributed by atoms with Crippen LogP contribution in [0.15, 0.2) is 150 Å². The lowest BCUT2D eigenvalue weighted by Gasteiger charge is -2.12. The van der Waals surface area contributed by atoms with Crippen LogP contribution in [-0.4, -0.2) is 56.7 Å². The minimum absolute atomic E-state index is 0.148. The summed E-state index contributed by atoms with van der Waals surface area (Å²) in [5, 5.41) is 41.3. The van der Waals surface area contributed by atoms with Gasteiger partial charge in [-0.3, -0.25) is 9.11 Å². The number of azo groups is 4. The quantitative estimate of drug-likeness (QED) is 0.0286. The minimum Gasteiger partial charge on any atom is -0.494 e. The van der Waals surface area contributed by atoms with Crippen LogP contribution in [-0.2, 0) is 33.1 Å². The summed E-state index contributed by atoms with van der Waals surface area (Å²) in [6, 6.07) is 32.0. The molecule has 0 aliphatic heterocycles. The Morgan fingerprint density at radius 1 is 0.458 bits per heavy atom. The summed E-state index contributed by atoms with van der Waals surface area (Å²) < 4.78 is 72.9. The molecule has 376 valence electrons. The van der Waals surface area contributed by atoms with Crippen molar-refractivity contribution in [2.24, 2.45) is 40.9 Å². The fraction of sp³-hybridized carbons (Fsp3) is 0.275. The summed E-state index contributed by atoms with van der Waals surface area (Å²) in [4.78, 5) is 13.1. The number of rotatable bonds is 22. The third kappa shape index (κ3) is 16.8. The molecule has 0 radical (unpaired) electrons. The second-order valence-corrected chi connectivity index (χ2v) is 19.7.